The van der Waals surface area contributed by atoms with Crippen LogP contribution in [0.3, 0.4) is 0 Å². The Balaban J connectivity index is 1.34. The molecule has 1 amide bonds. The lowest BCUT2D eigenvalue weighted by Gasteiger charge is -2.47. The monoisotopic (exact) mass is 412 g/mol. The third-order valence-corrected chi connectivity index (χ3v) is 7.22. The molecule has 1 saturated carbocycles. The van der Waals surface area contributed by atoms with E-state index >= 15 is 0 Å². The smallest absolute Gasteiger partial charge is 0.219 e. The molecule has 1 saturated heterocycles. The van der Waals surface area contributed by atoms with Crippen molar-refractivity contribution in [2.24, 2.45) is 5.92 Å². The summed E-state index contributed by atoms with van der Waals surface area (Å²) in [5.41, 5.74) is 1.89. The van der Waals surface area contributed by atoms with Crippen molar-refractivity contribution in [1.82, 2.24) is 9.80 Å². The Morgan fingerprint density at radius 3 is 2.43 bits per heavy atom. The van der Waals surface area contributed by atoms with Gasteiger partial charge < -0.3 is 9.80 Å². The standard InChI is InChI=1S/C25H30F2N2O/c1-18(30)28(2)25(21-6-4-3-5-7-21)11-14-29(15-12-25)13-10-20-16-22(20)19-8-9-23(26)24(27)17-19/h3-9,17,20,22H,10-16H2,1-2H3/t20-,22+/m0/s1. The van der Waals surface area contributed by atoms with E-state index < -0.39 is 11.6 Å². The maximum atomic E-state index is 13.5. The molecule has 0 N–H and O–H groups in total. The molecule has 0 aromatic heterocycles. The third-order valence-electron chi connectivity index (χ3n) is 7.22. The molecular formula is C25H30F2N2O. The largest absolute Gasteiger partial charge is 0.336 e. The first kappa shape index (κ1) is 21.0. The van der Waals surface area contributed by atoms with Crippen LogP contribution in [0.25, 0.3) is 0 Å². The maximum absolute atomic E-state index is 13.5. The van der Waals surface area contributed by atoms with Crippen LogP contribution in [0.15, 0.2) is 48.5 Å². The molecule has 0 radical (unpaired) electrons. The van der Waals surface area contributed by atoms with E-state index in [4.69, 9.17) is 0 Å². The Kier molecular flexibility index (Phi) is 5.92. The molecule has 2 aromatic carbocycles. The van der Waals surface area contributed by atoms with Gasteiger partial charge in [-0.1, -0.05) is 36.4 Å². The predicted octanol–water partition coefficient (Wildman–Crippen LogP) is 4.93. The van der Waals surface area contributed by atoms with Crippen molar-refractivity contribution >= 4 is 5.91 Å². The van der Waals surface area contributed by atoms with Crippen LogP contribution in [0, 0.1) is 17.6 Å². The second kappa shape index (κ2) is 8.46. The number of halogens is 2. The molecule has 2 fully saturated rings. The van der Waals surface area contributed by atoms with E-state index in [1.807, 2.05) is 30.1 Å². The molecule has 0 bridgehead atoms. The molecule has 1 aliphatic heterocycles. The van der Waals surface area contributed by atoms with Crippen molar-refractivity contribution in [3.63, 3.8) is 0 Å². The number of carbonyl (C=O) groups is 1. The van der Waals surface area contributed by atoms with Crippen molar-refractivity contribution in [2.45, 2.75) is 44.1 Å². The Labute approximate surface area is 177 Å². The summed E-state index contributed by atoms with van der Waals surface area (Å²) in [5.74, 6) is -0.518. The first-order chi connectivity index (χ1) is 14.4. The molecule has 4 rings (SSSR count). The average molecular weight is 413 g/mol. The molecule has 2 aromatic rings. The second-order valence-electron chi connectivity index (χ2n) is 8.88. The molecule has 2 atom stereocenters. The highest BCUT2D eigenvalue weighted by Gasteiger charge is 2.42. The van der Waals surface area contributed by atoms with Gasteiger partial charge in [0.05, 0.1) is 5.54 Å². The van der Waals surface area contributed by atoms with Crippen molar-refractivity contribution < 1.29 is 13.6 Å². The number of nitrogens with zero attached hydrogens (tertiary/aromatic N) is 2. The highest BCUT2D eigenvalue weighted by molar-refractivity contribution is 5.74. The zero-order valence-corrected chi connectivity index (χ0v) is 17.8. The van der Waals surface area contributed by atoms with Gasteiger partial charge in [0.15, 0.2) is 11.6 Å². The van der Waals surface area contributed by atoms with Crippen LogP contribution in [0.2, 0.25) is 0 Å². The lowest BCUT2D eigenvalue weighted by Crippen LogP contribution is -2.53. The molecule has 160 valence electrons. The van der Waals surface area contributed by atoms with Crippen LogP contribution >= 0.6 is 0 Å². The number of benzene rings is 2. The van der Waals surface area contributed by atoms with Crippen molar-refractivity contribution in [2.75, 3.05) is 26.7 Å². The fraction of sp³-hybridized carbons (Fsp3) is 0.480. The van der Waals surface area contributed by atoms with Crippen LogP contribution in [-0.2, 0) is 10.3 Å². The van der Waals surface area contributed by atoms with Crippen LogP contribution in [0.4, 0.5) is 8.78 Å². The van der Waals surface area contributed by atoms with Gasteiger partial charge in [-0.2, -0.15) is 0 Å². The fourth-order valence-corrected chi connectivity index (χ4v) is 5.08. The molecular weight excluding hydrogens is 382 g/mol. The summed E-state index contributed by atoms with van der Waals surface area (Å²) in [7, 11) is 1.92. The quantitative estimate of drug-likeness (QED) is 0.672. The lowest BCUT2D eigenvalue weighted by molar-refractivity contribution is -0.136. The molecule has 1 aliphatic carbocycles. The molecule has 30 heavy (non-hydrogen) atoms. The van der Waals surface area contributed by atoms with E-state index in [1.165, 1.54) is 17.7 Å². The predicted molar refractivity (Wildman–Crippen MR) is 114 cm³/mol. The van der Waals surface area contributed by atoms with Gasteiger partial charge in [-0.3, -0.25) is 4.79 Å². The number of hydrogen-bond donors (Lipinski definition) is 0. The topological polar surface area (TPSA) is 23.6 Å². The Morgan fingerprint density at radius 1 is 1.10 bits per heavy atom. The zero-order chi connectivity index (χ0) is 21.3. The van der Waals surface area contributed by atoms with Crippen LogP contribution in [-0.4, -0.2) is 42.4 Å². The number of rotatable bonds is 6. The summed E-state index contributed by atoms with van der Waals surface area (Å²) in [6.45, 7) is 4.56. The second-order valence-corrected chi connectivity index (χ2v) is 8.88. The van der Waals surface area contributed by atoms with Gasteiger partial charge >= 0.3 is 0 Å². The van der Waals surface area contributed by atoms with Gasteiger partial charge in [-0.05, 0) is 67.3 Å². The van der Waals surface area contributed by atoms with E-state index in [-0.39, 0.29) is 11.4 Å². The summed E-state index contributed by atoms with van der Waals surface area (Å²) < 4.78 is 26.7. The minimum atomic E-state index is -0.776. The van der Waals surface area contributed by atoms with E-state index in [0.29, 0.717) is 11.8 Å². The fourth-order valence-electron chi connectivity index (χ4n) is 5.08. The lowest BCUT2D eigenvalue weighted by atomic mass is 9.79. The Bertz CT molecular complexity index is 893. The van der Waals surface area contributed by atoms with Crippen LogP contribution < -0.4 is 0 Å². The number of amides is 1. The maximum Gasteiger partial charge on any atom is 0.219 e. The van der Waals surface area contributed by atoms with Crippen molar-refractivity contribution in [3.05, 3.63) is 71.3 Å². The molecule has 0 unspecified atom stereocenters. The number of carbonyl (C=O) groups excluding carboxylic acids is 1. The minimum Gasteiger partial charge on any atom is -0.336 e. The SMILES string of the molecule is CC(=O)N(C)C1(c2ccccc2)CCN(CC[C@H]2C[C@@H]2c2ccc(F)c(F)c2)CC1. The summed E-state index contributed by atoms with van der Waals surface area (Å²) >= 11 is 0. The van der Waals surface area contributed by atoms with Gasteiger partial charge in [0, 0.05) is 27.1 Å². The van der Waals surface area contributed by atoms with E-state index in [9.17, 15) is 13.6 Å². The van der Waals surface area contributed by atoms with Crippen molar-refractivity contribution in [3.8, 4) is 0 Å². The third kappa shape index (κ3) is 4.13. The normalized spacial score (nSPS) is 23.2. The molecule has 3 nitrogen and oxygen atoms in total. The van der Waals surface area contributed by atoms with Crippen molar-refractivity contribution in [1.29, 1.82) is 0 Å². The van der Waals surface area contributed by atoms with Gasteiger partial charge in [0.25, 0.3) is 0 Å². The van der Waals surface area contributed by atoms with E-state index in [1.54, 1.807) is 13.0 Å². The number of likely N-dealkylation sites (tertiary alicyclic amines) is 1. The summed E-state index contributed by atoms with van der Waals surface area (Å²) in [5, 5.41) is 0. The van der Waals surface area contributed by atoms with E-state index in [0.717, 1.165) is 50.9 Å². The van der Waals surface area contributed by atoms with Crippen LogP contribution in [0.5, 0.6) is 0 Å². The summed E-state index contributed by atoms with van der Waals surface area (Å²) in [6, 6.07) is 14.7. The Hall–Kier alpha value is -2.27. The van der Waals surface area contributed by atoms with Gasteiger partial charge in [-0.15, -0.1) is 0 Å². The summed E-state index contributed by atoms with van der Waals surface area (Å²) in [4.78, 5) is 16.6. The molecule has 1 heterocycles. The van der Waals surface area contributed by atoms with Gasteiger partial charge in [0.2, 0.25) is 5.91 Å². The zero-order valence-electron chi connectivity index (χ0n) is 17.8. The number of piperidine rings is 1. The highest BCUT2D eigenvalue weighted by atomic mass is 19.2. The Morgan fingerprint density at radius 2 is 1.80 bits per heavy atom. The first-order valence-electron chi connectivity index (χ1n) is 10.9. The number of hydrogen-bond acceptors (Lipinski definition) is 2. The average Bonchev–Trinajstić information content (AvgIpc) is 3.54. The first-order valence-corrected chi connectivity index (χ1v) is 10.9. The van der Waals surface area contributed by atoms with E-state index in [2.05, 4.69) is 17.0 Å². The highest BCUT2D eigenvalue weighted by Crippen LogP contribution is 2.50. The van der Waals surface area contributed by atoms with Gasteiger partial charge in [-0.25, -0.2) is 8.78 Å². The van der Waals surface area contributed by atoms with Gasteiger partial charge in [0.1, 0.15) is 0 Å². The molecule has 0 spiro atoms. The minimum absolute atomic E-state index is 0.0969. The van der Waals surface area contributed by atoms with Crippen LogP contribution in [0.1, 0.15) is 49.7 Å². The summed E-state index contributed by atoms with van der Waals surface area (Å²) in [6.07, 6.45) is 3.97. The molecule has 5 heteroatoms. The molecule has 2 aliphatic rings.